The van der Waals surface area contributed by atoms with E-state index in [2.05, 4.69) is 67.7 Å². The number of hydrogen-bond acceptors (Lipinski definition) is 1. The first-order valence-corrected chi connectivity index (χ1v) is 9.55. The van der Waals surface area contributed by atoms with Gasteiger partial charge in [0.15, 0.2) is 0 Å². The summed E-state index contributed by atoms with van der Waals surface area (Å²) in [5.74, 6) is 0.117. The van der Waals surface area contributed by atoms with Crippen LogP contribution in [0.5, 0.6) is 0 Å². The zero-order chi connectivity index (χ0) is 18.9. The van der Waals surface area contributed by atoms with Crippen LogP contribution in [0.3, 0.4) is 0 Å². The molecule has 0 heterocycles. The van der Waals surface area contributed by atoms with Crippen LogP contribution in [-0.4, -0.2) is 5.91 Å². The summed E-state index contributed by atoms with van der Waals surface area (Å²) in [5.41, 5.74) is 5.87. The van der Waals surface area contributed by atoms with E-state index in [1.807, 2.05) is 30.3 Å². The van der Waals surface area contributed by atoms with Gasteiger partial charge in [0, 0.05) is 12.0 Å². The van der Waals surface area contributed by atoms with Gasteiger partial charge in [-0.2, -0.15) is 0 Å². The van der Waals surface area contributed by atoms with Crippen LogP contribution >= 0.6 is 0 Å². The fourth-order valence-electron chi connectivity index (χ4n) is 3.99. The quantitative estimate of drug-likeness (QED) is 0.691. The number of hydrogen-bond donors (Lipinski definition) is 1. The molecular weight excluding hydrogens is 330 g/mol. The van der Waals surface area contributed by atoms with Gasteiger partial charge in [-0.25, -0.2) is 0 Å². The maximum Gasteiger partial charge on any atom is 0.224 e. The second-order valence-electron chi connectivity index (χ2n) is 7.66. The Bertz CT molecular complexity index is 881. The number of nitrogens with one attached hydrogen (secondary N) is 1. The van der Waals surface area contributed by atoms with E-state index in [1.165, 1.54) is 22.3 Å². The van der Waals surface area contributed by atoms with Crippen LogP contribution in [-0.2, 0) is 16.8 Å². The molecule has 0 spiro atoms. The van der Waals surface area contributed by atoms with E-state index in [0.717, 1.165) is 12.0 Å². The third-order valence-electron chi connectivity index (χ3n) is 5.72. The van der Waals surface area contributed by atoms with Gasteiger partial charge in [0.05, 0.1) is 5.92 Å². The van der Waals surface area contributed by atoms with Crippen molar-refractivity contribution >= 4 is 5.91 Å². The molecule has 136 valence electrons. The highest BCUT2D eigenvalue weighted by Crippen LogP contribution is 2.59. The minimum atomic E-state index is -0.206. The zero-order valence-corrected chi connectivity index (χ0v) is 15.9. The average Bonchev–Trinajstić information content (AvgIpc) is 3.45. The molecule has 1 amide bonds. The van der Waals surface area contributed by atoms with Crippen molar-refractivity contribution in [2.24, 2.45) is 5.92 Å². The molecule has 1 atom stereocenters. The third kappa shape index (κ3) is 3.40. The summed E-state index contributed by atoms with van der Waals surface area (Å²) in [6.07, 6.45) is 0.861. The summed E-state index contributed by atoms with van der Waals surface area (Å²) in [7, 11) is 0. The first kappa shape index (κ1) is 17.5. The van der Waals surface area contributed by atoms with E-state index in [4.69, 9.17) is 0 Å². The Kier molecular flexibility index (Phi) is 4.57. The van der Waals surface area contributed by atoms with Gasteiger partial charge in [-0.05, 0) is 37.0 Å². The van der Waals surface area contributed by atoms with Gasteiger partial charge in [0.1, 0.15) is 0 Å². The molecule has 0 aliphatic heterocycles. The third-order valence-corrected chi connectivity index (χ3v) is 5.72. The number of aryl methyl sites for hydroxylation is 2. The number of rotatable bonds is 5. The van der Waals surface area contributed by atoms with Crippen LogP contribution in [0, 0.1) is 19.8 Å². The summed E-state index contributed by atoms with van der Waals surface area (Å²) in [6.45, 7) is 4.77. The van der Waals surface area contributed by atoms with E-state index >= 15 is 0 Å². The maximum atomic E-state index is 13.0. The van der Waals surface area contributed by atoms with Crippen molar-refractivity contribution in [3.63, 3.8) is 0 Å². The molecule has 1 unspecified atom stereocenters. The van der Waals surface area contributed by atoms with E-state index in [9.17, 15) is 4.79 Å². The van der Waals surface area contributed by atoms with Crippen molar-refractivity contribution in [3.8, 4) is 0 Å². The highest BCUT2D eigenvalue weighted by molar-refractivity contribution is 5.86. The lowest BCUT2D eigenvalue weighted by molar-refractivity contribution is -0.122. The molecule has 0 bridgehead atoms. The number of carbonyl (C=O) groups is 1. The van der Waals surface area contributed by atoms with Crippen LogP contribution in [0.25, 0.3) is 0 Å². The molecule has 3 aromatic rings. The molecule has 1 N–H and O–H groups in total. The van der Waals surface area contributed by atoms with Crippen molar-refractivity contribution in [3.05, 3.63) is 107 Å². The second kappa shape index (κ2) is 7.03. The number of benzene rings is 3. The van der Waals surface area contributed by atoms with Crippen LogP contribution in [0.4, 0.5) is 0 Å². The lowest BCUT2D eigenvalue weighted by Crippen LogP contribution is -2.28. The van der Waals surface area contributed by atoms with Crippen molar-refractivity contribution in [1.29, 1.82) is 0 Å². The Morgan fingerprint density at radius 1 is 0.852 bits per heavy atom. The Morgan fingerprint density at radius 2 is 1.37 bits per heavy atom. The van der Waals surface area contributed by atoms with Crippen LogP contribution in [0.1, 0.15) is 34.2 Å². The molecule has 2 nitrogen and oxygen atoms in total. The Balaban J connectivity index is 1.60. The van der Waals surface area contributed by atoms with E-state index in [0.29, 0.717) is 6.54 Å². The molecular formula is C25H25NO. The topological polar surface area (TPSA) is 29.1 Å². The molecule has 0 aromatic heterocycles. The molecule has 1 saturated carbocycles. The average molecular weight is 355 g/mol. The van der Waals surface area contributed by atoms with Gasteiger partial charge in [-0.3, -0.25) is 4.79 Å². The molecule has 1 aliphatic rings. The highest BCUT2D eigenvalue weighted by atomic mass is 16.2. The summed E-state index contributed by atoms with van der Waals surface area (Å²) < 4.78 is 0. The first-order chi connectivity index (χ1) is 13.1. The number of carbonyl (C=O) groups excluding carboxylic acids is 1. The molecule has 0 radical (unpaired) electrons. The molecule has 0 saturated heterocycles. The van der Waals surface area contributed by atoms with Gasteiger partial charge in [0.25, 0.3) is 0 Å². The van der Waals surface area contributed by atoms with Gasteiger partial charge in [0.2, 0.25) is 5.91 Å². The Morgan fingerprint density at radius 3 is 1.89 bits per heavy atom. The lowest BCUT2D eigenvalue weighted by Gasteiger charge is -2.19. The fourth-order valence-corrected chi connectivity index (χ4v) is 3.99. The SMILES string of the molecule is Cc1ccc(C2(c3ccc(C)cc3)CC2C(=O)NCc2ccccc2)cc1. The van der Waals surface area contributed by atoms with Gasteiger partial charge in [-0.1, -0.05) is 90.0 Å². The highest BCUT2D eigenvalue weighted by Gasteiger charge is 2.60. The molecule has 27 heavy (non-hydrogen) atoms. The Hall–Kier alpha value is -2.87. The predicted molar refractivity (Wildman–Crippen MR) is 110 cm³/mol. The smallest absolute Gasteiger partial charge is 0.224 e. The summed E-state index contributed by atoms with van der Waals surface area (Å²) in [4.78, 5) is 13.0. The summed E-state index contributed by atoms with van der Waals surface area (Å²) in [6, 6.07) is 27.4. The zero-order valence-electron chi connectivity index (χ0n) is 15.9. The monoisotopic (exact) mass is 355 g/mol. The van der Waals surface area contributed by atoms with E-state index in [-0.39, 0.29) is 17.2 Å². The summed E-state index contributed by atoms with van der Waals surface area (Å²) >= 11 is 0. The molecule has 1 aliphatic carbocycles. The van der Waals surface area contributed by atoms with Crippen LogP contribution < -0.4 is 5.32 Å². The minimum absolute atomic E-state index is 0.0216. The van der Waals surface area contributed by atoms with Gasteiger partial charge < -0.3 is 5.32 Å². The maximum absolute atomic E-state index is 13.0. The normalized spacial score (nSPS) is 17.3. The fraction of sp³-hybridized carbons (Fsp3) is 0.240. The van der Waals surface area contributed by atoms with Crippen molar-refractivity contribution in [2.45, 2.75) is 32.2 Å². The van der Waals surface area contributed by atoms with E-state index < -0.39 is 0 Å². The lowest BCUT2D eigenvalue weighted by atomic mass is 9.85. The molecule has 4 rings (SSSR count). The van der Waals surface area contributed by atoms with Crippen LogP contribution in [0.15, 0.2) is 78.9 Å². The molecule has 3 aromatic carbocycles. The van der Waals surface area contributed by atoms with Gasteiger partial charge in [-0.15, -0.1) is 0 Å². The van der Waals surface area contributed by atoms with Crippen molar-refractivity contribution < 1.29 is 4.79 Å². The van der Waals surface area contributed by atoms with Crippen molar-refractivity contribution in [2.75, 3.05) is 0 Å². The second-order valence-corrected chi connectivity index (χ2v) is 7.66. The molecule has 2 heteroatoms. The van der Waals surface area contributed by atoms with Crippen molar-refractivity contribution in [1.82, 2.24) is 5.32 Å². The Labute approximate surface area is 161 Å². The van der Waals surface area contributed by atoms with E-state index in [1.54, 1.807) is 0 Å². The number of amides is 1. The van der Waals surface area contributed by atoms with Gasteiger partial charge >= 0.3 is 0 Å². The van der Waals surface area contributed by atoms with Crippen LogP contribution in [0.2, 0.25) is 0 Å². The molecule has 1 fully saturated rings. The predicted octanol–water partition coefficient (Wildman–Crippen LogP) is 4.93. The summed E-state index contributed by atoms with van der Waals surface area (Å²) in [5, 5.41) is 3.14. The standard InChI is InChI=1S/C25H25NO/c1-18-8-12-21(13-9-18)25(22-14-10-19(2)11-15-22)16-23(25)24(27)26-17-20-6-4-3-5-7-20/h3-15,23H,16-17H2,1-2H3,(H,26,27). The first-order valence-electron chi connectivity index (χ1n) is 9.55. The minimum Gasteiger partial charge on any atom is -0.352 e. The largest absolute Gasteiger partial charge is 0.352 e.